The fraction of sp³-hybridized carbons (Fsp3) is 0.444. The number of morpholine rings is 2. The van der Waals surface area contributed by atoms with Gasteiger partial charge in [-0.25, -0.2) is 0 Å². The zero-order valence-corrected chi connectivity index (χ0v) is 20.4. The van der Waals surface area contributed by atoms with E-state index in [1.54, 1.807) is 13.4 Å². The maximum atomic E-state index is 6.01. The molecule has 3 aromatic rings. The number of anilines is 2. The summed E-state index contributed by atoms with van der Waals surface area (Å²) in [7, 11) is 1.69. The van der Waals surface area contributed by atoms with Crippen molar-refractivity contribution in [3.63, 3.8) is 0 Å². The Balaban J connectivity index is 1.36. The Hall–Kier alpha value is -3.07. The molecule has 2 aliphatic rings. The van der Waals surface area contributed by atoms with Crippen LogP contribution in [-0.4, -0.2) is 69.6 Å². The SMILES string of the molecule is COc1cccc(CN(Cc2cccc(N3CCOCC3)c2)c2nc(CN3CCOCC3)co2)c1. The van der Waals surface area contributed by atoms with E-state index in [2.05, 4.69) is 51.1 Å². The van der Waals surface area contributed by atoms with Crippen molar-refractivity contribution in [2.75, 3.05) is 69.5 Å². The topological polar surface area (TPSA) is 63.4 Å². The molecular weight excluding hydrogens is 444 g/mol. The lowest BCUT2D eigenvalue weighted by atomic mass is 10.1. The molecule has 1 aromatic heterocycles. The Bertz CT molecular complexity index is 1080. The van der Waals surface area contributed by atoms with Crippen molar-refractivity contribution in [3.05, 3.63) is 71.6 Å². The van der Waals surface area contributed by atoms with Crippen LogP contribution in [0.2, 0.25) is 0 Å². The van der Waals surface area contributed by atoms with Gasteiger partial charge in [0, 0.05) is 51.5 Å². The molecule has 2 fully saturated rings. The molecule has 35 heavy (non-hydrogen) atoms. The molecule has 0 aliphatic carbocycles. The molecule has 5 rings (SSSR count). The van der Waals surface area contributed by atoms with Gasteiger partial charge in [0.15, 0.2) is 0 Å². The number of ether oxygens (including phenoxy) is 3. The molecule has 8 heteroatoms. The third kappa shape index (κ3) is 6.33. The predicted molar refractivity (Wildman–Crippen MR) is 135 cm³/mol. The van der Waals surface area contributed by atoms with Crippen LogP contribution in [0.4, 0.5) is 11.7 Å². The average molecular weight is 479 g/mol. The van der Waals surface area contributed by atoms with Gasteiger partial charge in [0.1, 0.15) is 12.0 Å². The number of benzene rings is 2. The van der Waals surface area contributed by atoms with Crippen LogP contribution >= 0.6 is 0 Å². The van der Waals surface area contributed by atoms with E-state index in [1.165, 1.54) is 11.3 Å². The van der Waals surface area contributed by atoms with Crippen LogP contribution in [-0.2, 0) is 29.1 Å². The Labute approximate surface area is 207 Å². The second-order valence-corrected chi connectivity index (χ2v) is 8.99. The van der Waals surface area contributed by atoms with Crippen LogP contribution in [0.3, 0.4) is 0 Å². The summed E-state index contributed by atoms with van der Waals surface area (Å²) in [5.41, 5.74) is 4.53. The highest BCUT2D eigenvalue weighted by Crippen LogP contribution is 2.24. The molecule has 0 unspecified atom stereocenters. The van der Waals surface area contributed by atoms with E-state index in [-0.39, 0.29) is 0 Å². The van der Waals surface area contributed by atoms with Crippen molar-refractivity contribution < 1.29 is 18.6 Å². The minimum absolute atomic E-state index is 0.632. The molecule has 2 saturated heterocycles. The summed E-state index contributed by atoms with van der Waals surface area (Å²) in [6.45, 7) is 8.88. The third-order valence-electron chi connectivity index (χ3n) is 6.47. The van der Waals surface area contributed by atoms with E-state index in [0.717, 1.165) is 76.2 Å². The lowest BCUT2D eigenvalue weighted by Crippen LogP contribution is -2.36. The van der Waals surface area contributed by atoms with Gasteiger partial charge < -0.3 is 28.4 Å². The highest BCUT2D eigenvalue weighted by molar-refractivity contribution is 5.50. The van der Waals surface area contributed by atoms with Crippen LogP contribution in [0.15, 0.2) is 59.2 Å². The molecule has 0 N–H and O–H groups in total. The molecule has 2 aromatic carbocycles. The summed E-state index contributed by atoms with van der Waals surface area (Å²) in [5.74, 6) is 0.845. The van der Waals surface area contributed by atoms with Gasteiger partial charge in [-0.2, -0.15) is 4.98 Å². The molecule has 186 valence electrons. The van der Waals surface area contributed by atoms with Crippen LogP contribution < -0.4 is 14.5 Å². The van der Waals surface area contributed by atoms with Gasteiger partial charge in [-0.15, -0.1) is 0 Å². The maximum Gasteiger partial charge on any atom is 0.298 e. The van der Waals surface area contributed by atoms with Gasteiger partial charge in [0.2, 0.25) is 0 Å². The summed E-state index contributed by atoms with van der Waals surface area (Å²) in [6, 6.07) is 17.5. The third-order valence-corrected chi connectivity index (χ3v) is 6.47. The summed E-state index contributed by atoms with van der Waals surface area (Å²) in [4.78, 5) is 11.8. The number of methoxy groups -OCH3 is 1. The highest BCUT2D eigenvalue weighted by Gasteiger charge is 2.19. The maximum absolute atomic E-state index is 6.01. The zero-order chi connectivity index (χ0) is 23.9. The van der Waals surface area contributed by atoms with Crippen molar-refractivity contribution in [2.24, 2.45) is 0 Å². The van der Waals surface area contributed by atoms with Crippen molar-refractivity contribution >= 4 is 11.7 Å². The van der Waals surface area contributed by atoms with E-state index < -0.39 is 0 Å². The van der Waals surface area contributed by atoms with Gasteiger partial charge >= 0.3 is 0 Å². The zero-order valence-electron chi connectivity index (χ0n) is 20.4. The summed E-state index contributed by atoms with van der Waals surface area (Å²) >= 11 is 0. The number of oxazole rings is 1. The van der Waals surface area contributed by atoms with Gasteiger partial charge in [0.05, 0.1) is 39.2 Å². The van der Waals surface area contributed by atoms with Gasteiger partial charge in [0.25, 0.3) is 6.01 Å². The van der Waals surface area contributed by atoms with Crippen LogP contribution in [0.5, 0.6) is 5.75 Å². The second kappa shape index (κ2) is 11.6. The highest BCUT2D eigenvalue weighted by atomic mass is 16.5. The first-order chi connectivity index (χ1) is 17.3. The number of hydrogen-bond donors (Lipinski definition) is 0. The fourth-order valence-electron chi connectivity index (χ4n) is 4.58. The molecule has 0 spiro atoms. The Morgan fingerprint density at radius 2 is 1.57 bits per heavy atom. The largest absolute Gasteiger partial charge is 0.497 e. The van der Waals surface area contributed by atoms with Crippen LogP contribution in [0, 0.1) is 0 Å². The Kier molecular flexibility index (Phi) is 7.82. The van der Waals surface area contributed by atoms with Crippen molar-refractivity contribution in [1.82, 2.24) is 9.88 Å². The average Bonchev–Trinajstić information content (AvgIpc) is 3.38. The lowest BCUT2D eigenvalue weighted by Gasteiger charge is -2.29. The second-order valence-electron chi connectivity index (χ2n) is 8.99. The molecule has 0 amide bonds. The first-order valence-electron chi connectivity index (χ1n) is 12.3. The molecule has 0 saturated carbocycles. The van der Waals surface area contributed by atoms with E-state index in [9.17, 15) is 0 Å². The summed E-state index contributed by atoms with van der Waals surface area (Å²) in [6.07, 6.45) is 1.79. The molecule has 0 atom stereocenters. The van der Waals surface area contributed by atoms with Crippen LogP contribution in [0.25, 0.3) is 0 Å². The first-order valence-corrected chi connectivity index (χ1v) is 12.3. The number of nitrogens with zero attached hydrogens (tertiary/aromatic N) is 4. The summed E-state index contributed by atoms with van der Waals surface area (Å²) < 4.78 is 22.5. The molecule has 0 radical (unpaired) electrons. The number of rotatable bonds is 9. The fourth-order valence-corrected chi connectivity index (χ4v) is 4.58. The first kappa shape index (κ1) is 23.7. The van der Waals surface area contributed by atoms with Crippen molar-refractivity contribution in [2.45, 2.75) is 19.6 Å². The van der Waals surface area contributed by atoms with E-state index in [0.29, 0.717) is 19.1 Å². The Morgan fingerprint density at radius 1 is 0.886 bits per heavy atom. The van der Waals surface area contributed by atoms with E-state index >= 15 is 0 Å². The predicted octanol–water partition coefficient (Wildman–Crippen LogP) is 3.56. The Morgan fingerprint density at radius 3 is 2.31 bits per heavy atom. The van der Waals surface area contributed by atoms with Crippen molar-refractivity contribution in [1.29, 1.82) is 0 Å². The van der Waals surface area contributed by atoms with Gasteiger partial charge in [-0.1, -0.05) is 24.3 Å². The van der Waals surface area contributed by atoms with Crippen molar-refractivity contribution in [3.8, 4) is 5.75 Å². The molecule has 2 aliphatic heterocycles. The van der Waals surface area contributed by atoms with Gasteiger partial charge in [-0.3, -0.25) is 4.90 Å². The van der Waals surface area contributed by atoms with Gasteiger partial charge in [-0.05, 0) is 35.4 Å². The minimum atomic E-state index is 0.632. The molecular formula is C27H34N4O4. The van der Waals surface area contributed by atoms with Crippen LogP contribution in [0.1, 0.15) is 16.8 Å². The standard InChI is InChI=1S/C27H34N4O4/c1-32-26-7-3-5-23(17-26)19-31(27-28-24(21-35-27)20-29-8-12-33-13-9-29)18-22-4-2-6-25(16-22)30-10-14-34-15-11-30/h2-7,16-17,21H,8-15,18-20H2,1H3. The number of aromatic nitrogens is 1. The smallest absolute Gasteiger partial charge is 0.298 e. The van der Waals surface area contributed by atoms with E-state index in [4.69, 9.17) is 23.6 Å². The summed E-state index contributed by atoms with van der Waals surface area (Å²) in [5, 5.41) is 0. The molecule has 3 heterocycles. The molecule has 0 bridgehead atoms. The minimum Gasteiger partial charge on any atom is -0.497 e. The lowest BCUT2D eigenvalue weighted by molar-refractivity contribution is 0.0336. The normalized spacial score (nSPS) is 16.9. The number of hydrogen-bond acceptors (Lipinski definition) is 8. The quantitative estimate of drug-likeness (QED) is 0.463. The van der Waals surface area contributed by atoms with E-state index in [1.807, 2.05) is 12.1 Å². The molecule has 8 nitrogen and oxygen atoms in total. The monoisotopic (exact) mass is 478 g/mol.